The Morgan fingerprint density at radius 1 is 1.19 bits per heavy atom. The minimum atomic E-state index is 0.283. The van der Waals surface area contributed by atoms with Crippen molar-refractivity contribution in [1.82, 2.24) is 5.32 Å². The Kier molecular flexibility index (Phi) is 7.06. The fourth-order valence-electron chi connectivity index (χ4n) is 2.88. The Morgan fingerprint density at radius 3 is 2.62 bits per heavy atom. The van der Waals surface area contributed by atoms with Crippen LogP contribution in [0.4, 0.5) is 0 Å². The molecule has 3 atom stereocenters. The lowest BCUT2D eigenvalue weighted by atomic mass is 9.95. The van der Waals surface area contributed by atoms with Gasteiger partial charge in [-0.05, 0) is 31.6 Å². The molecule has 0 aromatic carbocycles. The maximum atomic E-state index is 9.20. The molecule has 2 heteroatoms. The molecule has 96 valence electrons. The zero-order chi connectivity index (χ0) is 11.8. The molecule has 1 aliphatic carbocycles. The van der Waals surface area contributed by atoms with Gasteiger partial charge in [0, 0.05) is 12.1 Å². The van der Waals surface area contributed by atoms with Crippen molar-refractivity contribution in [2.24, 2.45) is 5.92 Å². The molecule has 0 saturated heterocycles. The summed E-state index contributed by atoms with van der Waals surface area (Å²) in [6, 6.07) is 0.965. The molecule has 0 radical (unpaired) electrons. The van der Waals surface area contributed by atoms with E-state index in [9.17, 15) is 5.11 Å². The third-order valence-electron chi connectivity index (χ3n) is 3.97. The standard InChI is InChI=1S/C14H29NO/c1-3-6-12-7-5-8-14(10-9-12)15-13(4-2)11-16/h12-16H,3-11H2,1-2H3/t12?,13-,14?/m1/s1. The first-order valence-corrected chi connectivity index (χ1v) is 7.17. The molecular weight excluding hydrogens is 198 g/mol. The van der Waals surface area contributed by atoms with Crippen LogP contribution >= 0.6 is 0 Å². The number of hydrogen-bond donors (Lipinski definition) is 2. The van der Waals surface area contributed by atoms with Crippen molar-refractivity contribution in [1.29, 1.82) is 0 Å². The Labute approximate surface area is 101 Å². The largest absolute Gasteiger partial charge is 0.395 e. The van der Waals surface area contributed by atoms with E-state index < -0.39 is 0 Å². The molecule has 1 aliphatic rings. The second-order valence-corrected chi connectivity index (χ2v) is 5.31. The van der Waals surface area contributed by atoms with Gasteiger partial charge in [0.15, 0.2) is 0 Å². The number of hydrogen-bond acceptors (Lipinski definition) is 2. The van der Waals surface area contributed by atoms with Crippen molar-refractivity contribution in [3.05, 3.63) is 0 Å². The summed E-state index contributed by atoms with van der Waals surface area (Å²) in [6.45, 7) is 4.72. The summed E-state index contributed by atoms with van der Waals surface area (Å²) in [4.78, 5) is 0. The summed E-state index contributed by atoms with van der Waals surface area (Å²) < 4.78 is 0. The van der Waals surface area contributed by atoms with Crippen molar-refractivity contribution in [2.75, 3.05) is 6.61 Å². The monoisotopic (exact) mass is 227 g/mol. The summed E-state index contributed by atoms with van der Waals surface area (Å²) >= 11 is 0. The topological polar surface area (TPSA) is 32.3 Å². The van der Waals surface area contributed by atoms with Crippen LogP contribution in [0.3, 0.4) is 0 Å². The second kappa shape index (κ2) is 8.08. The number of rotatable bonds is 6. The zero-order valence-corrected chi connectivity index (χ0v) is 11.0. The Morgan fingerprint density at radius 2 is 2.00 bits per heavy atom. The molecule has 1 fully saturated rings. The molecule has 0 aliphatic heterocycles. The van der Waals surface area contributed by atoms with E-state index in [0.717, 1.165) is 12.3 Å². The van der Waals surface area contributed by atoms with E-state index in [-0.39, 0.29) is 6.61 Å². The van der Waals surface area contributed by atoms with Gasteiger partial charge in [0.05, 0.1) is 6.61 Å². The summed E-state index contributed by atoms with van der Waals surface area (Å²) in [5.41, 5.74) is 0. The van der Waals surface area contributed by atoms with Crippen molar-refractivity contribution in [2.45, 2.75) is 77.3 Å². The van der Waals surface area contributed by atoms with Gasteiger partial charge in [0.25, 0.3) is 0 Å². The van der Waals surface area contributed by atoms with Gasteiger partial charge in [0.2, 0.25) is 0 Å². The van der Waals surface area contributed by atoms with Gasteiger partial charge in [-0.1, -0.05) is 39.5 Å². The molecule has 0 aromatic heterocycles. The quantitative estimate of drug-likeness (QED) is 0.683. The van der Waals surface area contributed by atoms with Gasteiger partial charge >= 0.3 is 0 Å². The number of nitrogens with one attached hydrogen (secondary N) is 1. The predicted octanol–water partition coefficient (Wildman–Crippen LogP) is 3.10. The van der Waals surface area contributed by atoms with E-state index in [0.29, 0.717) is 12.1 Å². The average Bonchev–Trinajstić information content (AvgIpc) is 2.52. The molecule has 0 bridgehead atoms. The minimum Gasteiger partial charge on any atom is -0.395 e. The fourth-order valence-corrected chi connectivity index (χ4v) is 2.88. The maximum Gasteiger partial charge on any atom is 0.0584 e. The first-order valence-electron chi connectivity index (χ1n) is 7.17. The molecule has 0 amide bonds. The third kappa shape index (κ3) is 4.84. The lowest BCUT2D eigenvalue weighted by molar-refractivity contribution is 0.222. The SMILES string of the molecule is CCCC1CCCC(N[C@H](CC)CO)CC1. The molecule has 0 aromatic rings. The minimum absolute atomic E-state index is 0.283. The molecule has 2 nitrogen and oxygen atoms in total. The Balaban J connectivity index is 2.29. The summed E-state index contributed by atoms with van der Waals surface area (Å²) in [7, 11) is 0. The van der Waals surface area contributed by atoms with Gasteiger partial charge in [-0.25, -0.2) is 0 Å². The van der Waals surface area contributed by atoms with Crippen molar-refractivity contribution in [3.8, 4) is 0 Å². The molecule has 1 rings (SSSR count). The van der Waals surface area contributed by atoms with E-state index in [1.807, 2.05) is 0 Å². The Hall–Kier alpha value is -0.0800. The maximum absolute atomic E-state index is 9.20. The average molecular weight is 227 g/mol. The van der Waals surface area contributed by atoms with E-state index in [1.54, 1.807) is 0 Å². The molecule has 2 N–H and O–H groups in total. The van der Waals surface area contributed by atoms with Crippen LogP contribution in [0.5, 0.6) is 0 Å². The van der Waals surface area contributed by atoms with E-state index in [2.05, 4.69) is 19.2 Å². The van der Waals surface area contributed by atoms with Crippen LogP contribution < -0.4 is 5.32 Å². The third-order valence-corrected chi connectivity index (χ3v) is 3.97. The second-order valence-electron chi connectivity index (χ2n) is 5.31. The van der Waals surface area contributed by atoms with E-state index in [4.69, 9.17) is 0 Å². The highest BCUT2D eigenvalue weighted by molar-refractivity contribution is 4.78. The van der Waals surface area contributed by atoms with Crippen LogP contribution in [0.25, 0.3) is 0 Å². The Bertz CT molecular complexity index is 168. The number of aliphatic hydroxyl groups is 1. The van der Waals surface area contributed by atoms with Crippen LogP contribution in [0.2, 0.25) is 0 Å². The van der Waals surface area contributed by atoms with Crippen LogP contribution in [-0.2, 0) is 0 Å². The molecule has 0 spiro atoms. The first kappa shape index (κ1) is 14.0. The molecule has 1 saturated carbocycles. The van der Waals surface area contributed by atoms with Gasteiger partial charge in [0.1, 0.15) is 0 Å². The first-order chi connectivity index (χ1) is 7.80. The lowest BCUT2D eigenvalue weighted by Crippen LogP contribution is -2.39. The smallest absolute Gasteiger partial charge is 0.0584 e. The number of aliphatic hydroxyl groups excluding tert-OH is 1. The highest BCUT2D eigenvalue weighted by atomic mass is 16.3. The van der Waals surface area contributed by atoms with E-state index in [1.165, 1.54) is 44.9 Å². The van der Waals surface area contributed by atoms with Gasteiger partial charge in [-0.3, -0.25) is 0 Å². The van der Waals surface area contributed by atoms with Crippen molar-refractivity contribution in [3.63, 3.8) is 0 Å². The molecule has 2 unspecified atom stereocenters. The van der Waals surface area contributed by atoms with Crippen molar-refractivity contribution < 1.29 is 5.11 Å². The van der Waals surface area contributed by atoms with Crippen LogP contribution in [0, 0.1) is 5.92 Å². The highest BCUT2D eigenvalue weighted by Crippen LogP contribution is 2.26. The van der Waals surface area contributed by atoms with Crippen LogP contribution in [-0.4, -0.2) is 23.8 Å². The normalized spacial score (nSPS) is 28.7. The zero-order valence-electron chi connectivity index (χ0n) is 11.0. The lowest BCUT2D eigenvalue weighted by Gasteiger charge is -2.22. The van der Waals surface area contributed by atoms with Crippen LogP contribution in [0.1, 0.15) is 65.2 Å². The fraction of sp³-hybridized carbons (Fsp3) is 1.00. The molecular formula is C14H29NO. The molecule has 0 heterocycles. The van der Waals surface area contributed by atoms with Gasteiger partial charge in [-0.2, -0.15) is 0 Å². The summed E-state index contributed by atoms with van der Waals surface area (Å²) in [5, 5.41) is 12.8. The molecule has 16 heavy (non-hydrogen) atoms. The summed E-state index contributed by atoms with van der Waals surface area (Å²) in [5.74, 6) is 0.964. The van der Waals surface area contributed by atoms with Crippen molar-refractivity contribution >= 4 is 0 Å². The van der Waals surface area contributed by atoms with Gasteiger partial charge < -0.3 is 10.4 Å². The van der Waals surface area contributed by atoms with Gasteiger partial charge in [-0.15, -0.1) is 0 Å². The van der Waals surface area contributed by atoms with Crippen LogP contribution in [0.15, 0.2) is 0 Å². The van der Waals surface area contributed by atoms with E-state index >= 15 is 0 Å². The predicted molar refractivity (Wildman–Crippen MR) is 69.6 cm³/mol. The summed E-state index contributed by atoms with van der Waals surface area (Å²) in [6.07, 6.45) is 10.5. The highest BCUT2D eigenvalue weighted by Gasteiger charge is 2.19.